The lowest BCUT2D eigenvalue weighted by Crippen LogP contribution is -2.21. The highest BCUT2D eigenvalue weighted by Gasteiger charge is 2.27. The lowest BCUT2D eigenvalue weighted by Gasteiger charge is -2.21. The molecule has 2 heterocycles. The summed E-state index contributed by atoms with van der Waals surface area (Å²) in [6.07, 6.45) is 4.67. The average molecular weight is 220 g/mol. The van der Waals surface area contributed by atoms with Crippen molar-refractivity contribution in [3.63, 3.8) is 0 Å². The summed E-state index contributed by atoms with van der Waals surface area (Å²) >= 11 is 0. The van der Waals surface area contributed by atoms with Crippen LogP contribution in [0.2, 0.25) is 0 Å². The SMILES string of the molecule is CCOc1ncccc1[C@@H]1CCCN1C=O. The minimum Gasteiger partial charge on any atom is -0.478 e. The number of amides is 1. The van der Waals surface area contributed by atoms with Crippen LogP contribution in [0.1, 0.15) is 31.4 Å². The van der Waals surface area contributed by atoms with Gasteiger partial charge in [0, 0.05) is 18.3 Å². The largest absolute Gasteiger partial charge is 0.478 e. The highest BCUT2D eigenvalue weighted by Crippen LogP contribution is 2.34. The molecule has 1 atom stereocenters. The van der Waals surface area contributed by atoms with Gasteiger partial charge in [-0.3, -0.25) is 4.79 Å². The average Bonchev–Trinajstić information content (AvgIpc) is 2.78. The van der Waals surface area contributed by atoms with Gasteiger partial charge in [0.2, 0.25) is 12.3 Å². The third-order valence-corrected chi connectivity index (χ3v) is 2.87. The van der Waals surface area contributed by atoms with Gasteiger partial charge in [0.05, 0.1) is 12.6 Å². The van der Waals surface area contributed by atoms with E-state index in [1.807, 2.05) is 24.0 Å². The van der Waals surface area contributed by atoms with Crippen molar-refractivity contribution >= 4 is 6.41 Å². The number of aromatic nitrogens is 1. The van der Waals surface area contributed by atoms with E-state index in [0.717, 1.165) is 31.4 Å². The number of carbonyl (C=O) groups is 1. The molecular weight excluding hydrogens is 204 g/mol. The van der Waals surface area contributed by atoms with Crippen LogP contribution in [0.15, 0.2) is 18.3 Å². The number of rotatable bonds is 4. The molecule has 0 radical (unpaired) electrons. The van der Waals surface area contributed by atoms with Gasteiger partial charge in [0.15, 0.2) is 0 Å². The Bertz CT molecular complexity index is 368. The predicted octanol–water partition coefficient (Wildman–Crippen LogP) is 1.77. The molecule has 4 heteroatoms. The van der Waals surface area contributed by atoms with Crippen molar-refractivity contribution < 1.29 is 9.53 Å². The summed E-state index contributed by atoms with van der Waals surface area (Å²) in [5.41, 5.74) is 1.02. The first-order valence-electron chi connectivity index (χ1n) is 5.65. The smallest absolute Gasteiger partial charge is 0.218 e. The van der Waals surface area contributed by atoms with E-state index in [0.29, 0.717) is 12.5 Å². The number of hydrogen-bond donors (Lipinski definition) is 0. The summed E-state index contributed by atoms with van der Waals surface area (Å²) < 4.78 is 5.49. The van der Waals surface area contributed by atoms with E-state index >= 15 is 0 Å². The molecule has 4 nitrogen and oxygen atoms in total. The second-order valence-corrected chi connectivity index (χ2v) is 3.83. The van der Waals surface area contributed by atoms with Crippen LogP contribution in [0.3, 0.4) is 0 Å². The van der Waals surface area contributed by atoms with Crippen LogP contribution in [-0.4, -0.2) is 29.4 Å². The molecule has 1 aromatic heterocycles. The molecule has 0 aromatic carbocycles. The summed E-state index contributed by atoms with van der Waals surface area (Å²) in [5.74, 6) is 0.656. The van der Waals surface area contributed by atoms with E-state index < -0.39 is 0 Å². The monoisotopic (exact) mass is 220 g/mol. The fourth-order valence-corrected chi connectivity index (χ4v) is 2.16. The van der Waals surface area contributed by atoms with Crippen LogP contribution in [-0.2, 0) is 4.79 Å². The van der Waals surface area contributed by atoms with Crippen LogP contribution in [0.25, 0.3) is 0 Å². The lowest BCUT2D eigenvalue weighted by molar-refractivity contribution is -0.118. The molecule has 86 valence electrons. The maximum atomic E-state index is 10.9. The molecule has 1 saturated heterocycles. The van der Waals surface area contributed by atoms with Crippen molar-refractivity contribution in [2.45, 2.75) is 25.8 Å². The minimum absolute atomic E-state index is 0.132. The molecule has 1 aromatic rings. The van der Waals surface area contributed by atoms with E-state index in [1.165, 1.54) is 0 Å². The normalized spacial score (nSPS) is 19.8. The summed E-state index contributed by atoms with van der Waals surface area (Å²) in [5, 5.41) is 0. The Balaban J connectivity index is 2.27. The minimum atomic E-state index is 0.132. The summed E-state index contributed by atoms with van der Waals surface area (Å²) in [6, 6.07) is 4.01. The van der Waals surface area contributed by atoms with Gasteiger partial charge in [0.1, 0.15) is 0 Å². The molecule has 0 spiro atoms. The van der Waals surface area contributed by atoms with Gasteiger partial charge in [-0.1, -0.05) is 6.07 Å². The van der Waals surface area contributed by atoms with Crippen LogP contribution in [0.4, 0.5) is 0 Å². The van der Waals surface area contributed by atoms with Gasteiger partial charge in [-0.25, -0.2) is 4.98 Å². The zero-order valence-electron chi connectivity index (χ0n) is 9.43. The Morgan fingerprint density at radius 2 is 2.56 bits per heavy atom. The summed E-state index contributed by atoms with van der Waals surface area (Å²) in [6.45, 7) is 3.36. The summed E-state index contributed by atoms with van der Waals surface area (Å²) in [7, 11) is 0. The van der Waals surface area contributed by atoms with Gasteiger partial charge in [0.25, 0.3) is 0 Å². The van der Waals surface area contributed by atoms with E-state index in [-0.39, 0.29) is 6.04 Å². The van der Waals surface area contributed by atoms with E-state index in [4.69, 9.17) is 4.74 Å². The Morgan fingerprint density at radius 1 is 1.69 bits per heavy atom. The summed E-state index contributed by atoms with van der Waals surface area (Å²) in [4.78, 5) is 17.0. The Kier molecular flexibility index (Phi) is 3.39. The van der Waals surface area contributed by atoms with Gasteiger partial charge in [-0.05, 0) is 25.8 Å². The van der Waals surface area contributed by atoms with E-state index in [9.17, 15) is 4.79 Å². The second-order valence-electron chi connectivity index (χ2n) is 3.83. The third-order valence-electron chi connectivity index (χ3n) is 2.87. The van der Waals surface area contributed by atoms with Gasteiger partial charge in [-0.2, -0.15) is 0 Å². The highest BCUT2D eigenvalue weighted by atomic mass is 16.5. The number of ether oxygens (including phenoxy) is 1. The first-order chi connectivity index (χ1) is 7.86. The molecule has 1 amide bonds. The van der Waals surface area contributed by atoms with Crippen molar-refractivity contribution in [1.82, 2.24) is 9.88 Å². The maximum Gasteiger partial charge on any atom is 0.218 e. The molecule has 16 heavy (non-hydrogen) atoms. The first kappa shape index (κ1) is 10.9. The van der Waals surface area contributed by atoms with Crippen molar-refractivity contribution in [2.24, 2.45) is 0 Å². The number of hydrogen-bond acceptors (Lipinski definition) is 3. The van der Waals surface area contributed by atoms with Gasteiger partial charge >= 0.3 is 0 Å². The Labute approximate surface area is 95.2 Å². The third kappa shape index (κ3) is 2.01. The van der Waals surface area contributed by atoms with Crippen molar-refractivity contribution in [1.29, 1.82) is 0 Å². The molecule has 1 fully saturated rings. The van der Waals surface area contributed by atoms with Gasteiger partial charge in [-0.15, -0.1) is 0 Å². The van der Waals surface area contributed by atoms with Crippen molar-refractivity contribution in [2.75, 3.05) is 13.2 Å². The predicted molar refractivity (Wildman–Crippen MR) is 60.2 cm³/mol. The van der Waals surface area contributed by atoms with Crippen molar-refractivity contribution in [3.05, 3.63) is 23.9 Å². The number of pyridine rings is 1. The topological polar surface area (TPSA) is 42.4 Å². The standard InChI is InChI=1S/C12H16N2O2/c1-2-16-12-10(5-3-7-13-12)11-6-4-8-14(11)9-15/h3,5,7,9,11H,2,4,6,8H2,1H3/t11-/m0/s1. The number of carbonyl (C=O) groups excluding carboxylic acids is 1. The van der Waals surface area contributed by atoms with Crippen LogP contribution in [0, 0.1) is 0 Å². The zero-order chi connectivity index (χ0) is 11.4. The van der Waals surface area contributed by atoms with E-state index in [2.05, 4.69) is 4.98 Å². The lowest BCUT2D eigenvalue weighted by atomic mass is 10.1. The molecular formula is C12H16N2O2. The molecule has 0 N–H and O–H groups in total. The molecule has 1 aliphatic rings. The van der Waals surface area contributed by atoms with Crippen LogP contribution >= 0.6 is 0 Å². The number of nitrogens with zero attached hydrogens (tertiary/aromatic N) is 2. The fraction of sp³-hybridized carbons (Fsp3) is 0.500. The Morgan fingerprint density at radius 3 is 3.31 bits per heavy atom. The van der Waals surface area contributed by atoms with Crippen LogP contribution in [0.5, 0.6) is 5.88 Å². The number of likely N-dealkylation sites (tertiary alicyclic amines) is 1. The molecule has 0 unspecified atom stereocenters. The fourth-order valence-electron chi connectivity index (χ4n) is 2.16. The Hall–Kier alpha value is -1.58. The first-order valence-corrected chi connectivity index (χ1v) is 5.65. The van der Waals surface area contributed by atoms with Crippen molar-refractivity contribution in [3.8, 4) is 5.88 Å². The van der Waals surface area contributed by atoms with Gasteiger partial charge < -0.3 is 9.64 Å². The second kappa shape index (κ2) is 4.96. The molecule has 0 aliphatic carbocycles. The maximum absolute atomic E-state index is 10.9. The molecule has 1 aliphatic heterocycles. The quantitative estimate of drug-likeness (QED) is 0.726. The molecule has 2 rings (SSSR count). The molecule has 0 bridgehead atoms. The van der Waals surface area contributed by atoms with E-state index in [1.54, 1.807) is 6.20 Å². The molecule has 0 saturated carbocycles. The highest BCUT2D eigenvalue weighted by molar-refractivity contribution is 5.50. The van der Waals surface area contributed by atoms with Crippen LogP contribution < -0.4 is 4.74 Å². The zero-order valence-corrected chi connectivity index (χ0v) is 9.43.